The van der Waals surface area contributed by atoms with Gasteiger partial charge < -0.3 is 30.3 Å². The second-order valence-electron chi connectivity index (χ2n) is 16.8. The third-order valence-electron chi connectivity index (χ3n) is 12.5. The fourth-order valence-electron chi connectivity index (χ4n) is 8.90. The molecule has 17 heteroatoms. The van der Waals surface area contributed by atoms with E-state index in [9.17, 15) is 33.5 Å². The molecule has 8 rings (SSSR count). The number of piperidine rings is 3. The van der Waals surface area contributed by atoms with Crippen molar-refractivity contribution in [3.63, 3.8) is 0 Å². The smallest absolute Gasteiger partial charge is 0.410 e. The molecule has 4 amide bonds. The minimum Gasteiger partial charge on any atom is -0.446 e. The summed E-state index contributed by atoms with van der Waals surface area (Å²) in [5.74, 6) is -1.72. The molecule has 2 aromatic heterocycles. The maximum atomic E-state index is 15.2. The van der Waals surface area contributed by atoms with Crippen LogP contribution in [0.15, 0.2) is 77.9 Å². The van der Waals surface area contributed by atoms with Crippen molar-refractivity contribution in [1.82, 2.24) is 29.7 Å². The fourth-order valence-corrected chi connectivity index (χ4v) is 8.90. The molecule has 5 heterocycles. The highest BCUT2D eigenvalue weighted by atomic mass is 19.1. The summed E-state index contributed by atoms with van der Waals surface area (Å²) in [4.78, 5) is 74.3. The van der Waals surface area contributed by atoms with Gasteiger partial charge in [-0.25, -0.2) is 23.5 Å². The Labute approximate surface area is 356 Å². The lowest BCUT2D eigenvalue weighted by molar-refractivity contribution is -0.139. The highest BCUT2D eigenvalue weighted by molar-refractivity contribution is 6.01. The molecule has 4 fully saturated rings. The van der Waals surface area contributed by atoms with E-state index in [1.807, 2.05) is 0 Å². The number of benzene rings is 2. The average molecular weight is 853 g/mol. The maximum Gasteiger partial charge on any atom is 0.410 e. The van der Waals surface area contributed by atoms with Gasteiger partial charge in [0.25, 0.3) is 5.56 Å². The van der Waals surface area contributed by atoms with Gasteiger partial charge in [0.1, 0.15) is 23.7 Å². The van der Waals surface area contributed by atoms with Crippen molar-refractivity contribution in [2.24, 2.45) is 0 Å². The van der Waals surface area contributed by atoms with Gasteiger partial charge in [0.2, 0.25) is 23.7 Å². The first-order chi connectivity index (χ1) is 29.9. The van der Waals surface area contributed by atoms with Gasteiger partial charge in [-0.05, 0) is 99.6 Å². The monoisotopic (exact) mass is 852 g/mol. The first-order valence-corrected chi connectivity index (χ1v) is 21.3. The molecule has 0 bridgehead atoms. The number of hydrogen-bond acceptors (Lipinski definition) is 11. The number of aliphatic hydroxyl groups is 1. The molecule has 4 aliphatic rings. The number of aromatic nitrogens is 3. The predicted molar refractivity (Wildman–Crippen MR) is 224 cm³/mol. The lowest BCUT2D eigenvalue weighted by atomic mass is 9.86. The maximum absolute atomic E-state index is 15.2. The molecule has 4 aromatic rings. The van der Waals surface area contributed by atoms with Crippen molar-refractivity contribution in [3.8, 4) is 16.9 Å². The molecule has 326 valence electrons. The number of halogens is 2. The number of pyridine rings is 1. The zero-order chi connectivity index (χ0) is 43.4. The first-order valence-electron chi connectivity index (χ1n) is 21.3. The molecule has 3 saturated heterocycles. The predicted octanol–water partition coefficient (Wildman–Crippen LogP) is 5.27. The minimum absolute atomic E-state index is 0.0189. The van der Waals surface area contributed by atoms with E-state index in [2.05, 4.69) is 25.9 Å². The summed E-state index contributed by atoms with van der Waals surface area (Å²) in [6.45, 7) is 1.36. The number of carbonyl (C=O) groups is 4. The molecule has 4 N–H and O–H groups in total. The van der Waals surface area contributed by atoms with Gasteiger partial charge in [-0.15, -0.1) is 0 Å². The highest BCUT2D eigenvalue weighted by Crippen LogP contribution is 2.34. The summed E-state index contributed by atoms with van der Waals surface area (Å²) < 4.78 is 37.5. The molecule has 2 aromatic carbocycles. The number of hydrogen-bond donors (Lipinski definition) is 4. The number of likely N-dealkylation sites (tertiary alicyclic amines) is 2. The molecule has 62 heavy (non-hydrogen) atoms. The highest BCUT2D eigenvalue weighted by Gasteiger charge is 2.39. The van der Waals surface area contributed by atoms with Crippen LogP contribution in [0, 0.1) is 11.6 Å². The van der Waals surface area contributed by atoms with Gasteiger partial charge in [-0.3, -0.25) is 29.1 Å². The average Bonchev–Trinajstić information content (AvgIpc) is 3.26. The number of rotatable bonds is 10. The summed E-state index contributed by atoms with van der Waals surface area (Å²) in [5.41, 5.74) is 0.729. The fraction of sp³-hybridized carbons (Fsp3) is 0.444. The second kappa shape index (κ2) is 18.4. The van der Waals surface area contributed by atoms with Crippen molar-refractivity contribution in [2.75, 3.05) is 36.8 Å². The van der Waals surface area contributed by atoms with Crippen molar-refractivity contribution in [2.45, 2.75) is 100 Å². The van der Waals surface area contributed by atoms with Gasteiger partial charge >= 0.3 is 6.09 Å². The van der Waals surface area contributed by atoms with E-state index in [-0.39, 0.29) is 85.9 Å². The Morgan fingerprint density at radius 1 is 0.855 bits per heavy atom. The lowest BCUT2D eigenvalue weighted by Gasteiger charge is -2.40. The number of carbonyl (C=O) groups excluding carboxylic acids is 4. The van der Waals surface area contributed by atoms with Gasteiger partial charge in [-0.2, -0.15) is 0 Å². The normalized spacial score (nSPS) is 21.8. The number of nitrogens with one attached hydrogen (secondary N) is 3. The molecule has 1 atom stereocenters. The second-order valence-corrected chi connectivity index (χ2v) is 16.8. The van der Waals surface area contributed by atoms with Crippen LogP contribution in [0.25, 0.3) is 16.9 Å². The molecule has 1 unspecified atom stereocenters. The minimum atomic E-state index is -1.25. The molecular weight excluding hydrogens is 803 g/mol. The number of anilines is 2. The number of imide groups is 1. The Balaban J connectivity index is 0.754. The summed E-state index contributed by atoms with van der Waals surface area (Å²) in [6.07, 6.45) is 6.68. The van der Waals surface area contributed by atoms with Crippen molar-refractivity contribution in [3.05, 3.63) is 101 Å². The van der Waals surface area contributed by atoms with Gasteiger partial charge in [0.15, 0.2) is 5.82 Å². The summed E-state index contributed by atoms with van der Waals surface area (Å²) >= 11 is 0. The van der Waals surface area contributed by atoms with Crippen LogP contribution in [-0.2, 0) is 19.1 Å². The SMILES string of the molecule is O=C1CCC(Nc2ccc(C3CCN(C(=O)CC4(O)CCN(C(=O)O[C@H]5CC[C@H](Nc6ncc(F)c(-c7cccc(-n8ccccc8=O)c7)n6)CC5)CC4)CC3)c(F)c2)C(=O)N1. The molecule has 15 nitrogen and oxygen atoms in total. The summed E-state index contributed by atoms with van der Waals surface area (Å²) in [5, 5.41) is 20.0. The third kappa shape index (κ3) is 9.93. The first kappa shape index (κ1) is 42.5. The van der Waals surface area contributed by atoms with Gasteiger partial charge in [-0.1, -0.05) is 24.3 Å². The van der Waals surface area contributed by atoms with E-state index in [1.54, 1.807) is 64.5 Å². The van der Waals surface area contributed by atoms with E-state index in [0.29, 0.717) is 80.5 Å². The Hall–Kier alpha value is -6.23. The van der Waals surface area contributed by atoms with Crippen LogP contribution in [0.3, 0.4) is 0 Å². The molecule has 3 aliphatic heterocycles. The van der Waals surface area contributed by atoms with Crippen molar-refractivity contribution < 1.29 is 37.8 Å². The molecule has 0 spiro atoms. The van der Waals surface area contributed by atoms with Crippen LogP contribution in [0.5, 0.6) is 0 Å². The van der Waals surface area contributed by atoms with E-state index in [4.69, 9.17) is 4.74 Å². The summed E-state index contributed by atoms with van der Waals surface area (Å²) in [7, 11) is 0. The number of amides is 4. The number of ether oxygens (including phenoxy) is 1. The molecule has 0 radical (unpaired) electrons. The topological polar surface area (TPSA) is 188 Å². The quantitative estimate of drug-likeness (QED) is 0.152. The third-order valence-corrected chi connectivity index (χ3v) is 12.5. The largest absolute Gasteiger partial charge is 0.446 e. The van der Waals surface area contributed by atoms with Crippen molar-refractivity contribution in [1.29, 1.82) is 0 Å². The Bertz CT molecular complexity index is 2370. The van der Waals surface area contributed by atoms with Gasteiger partial charge in [0, 0.05) is 67.8 Å². The van der Waals surface area contributed by atoms with Crippen LogP contribution < -0.4 is 21.5 Å². The zero-order valence-corrected chi connectivity index (χ0v) is 34.2. The van der Waals surface area contributed by atoms with Crippen LogP contribution in [-0.4, -0.2) is 103 Å². The Morgan fingerprint density at radius 3 is 2.35 bits per heavy atom. The Kier molecular flexibility index (Phi) is 12.6. The zero-order valence-electron chi connectivity index (χ0n) is 34.2. The van der Waals surface area contributed by atoms with Crippen LogP contribution in [0.1, 0.15) is 82.1 Å². The van der Waals surface area contributed by atoms with E-state index >= 15 is 4.39 Å². The lowest BCUT2D eigenvalue weighted by Crippen LogP contribution is -2.50. The molecular formula is C45H50F2N8O7. The Morgan fingerprint density at radius 2 is 1.63 bits per heavy atom. The van der Waals surface area contributed by atoms with Crippen LogP contribution >= 0.6 is 0 Å². The van der Waals surface area contributed by atoms with E-state index in [1.165, 1.54) is 16.7 Å². The van der Waals surface area contributed by atoms with Gasteiger partial charge in [0.05, 0.1) is 18.2 Å². The van der Waals surface area contributed by atoms with Crippen LogP contribution in [0.2, 0.25) is 0 Å². The van der Waals surface area contributed by atoms with Crippen LogP contribution in [0.4, 0.5) is 25.2 Å². The summed E-state index contributed by atoms with van der Waals surface area (Å²) in [6, 6.07) is 15.9. The van der Waals surface area contributed by atoms with E-state index in [0.717, 1.165) is 6.20 Å². The van der Waals surface area contributed by atoms with E-state index < -0.39 is 35.3 Å². The molecule has 1 aliphatic carbocycles. The standard InChI is InChI=1S/C45H50F2N8O7/c46-35-25-31(49-37-13-14-38(56)51-42(37)59)9-12-34(35)28-15-20-53(21-16-28)40(58)26-45(61)17-22-54(23-18-45)44(60)62-33-10-7-30(8-11-33)50-43-48-27-36(47)41(52-43)29-4-3-5-32(24-29)55-19-2-1-6-39(55)57/h1-6,9,12,19,24-25,27-28,30,33,37,49,61H,7-8,10-11,13-18,20-23,26H2,(H,48,50,52)(H,51,56,59)/t30-,33-,37?. The number of nitrogens with zero attached hydrogens (tertiary/aromatic N) is 5. The molecule has 1 saturated carbocycles. The van der Waals surface area contributed by atoms with Crippen molar-refractivity contribution >= 4 is 35.5 Å².